The zero-order valence-corrected chi connectivity index (χ0v) is 18.5. The number of rotatable bonds is 5. The standard InChI is InChI=1S/C21H21FN8O4/c1-10(31)30(24)20(33)21(2)15-16(23)25-17(26-18(15)27-19(21)32)13-8-14(34-3)29(28-13)9-11-6-4-5-7-12(11)22/h4-8H,9,24H2,1-3H3,(H3,23,25,26,27,32). The number of hydrazine groups is 1. The van der Waals surface area contributed by atoms with Crippen LogP contribution in [-0.2, 0) is 26.3 Å². The Kier molecular flexibility index (Phi) is 5.49. The van der Waals surface area contributed by atoms with E-state index < -0.39 is 29.0 Å². The molecule has 3 heterocycles. The molecule has 1 aliphatic heterocycles. The lowest BCUT2D eigenvalue weighted by atomic mass is 9.83. The van der Waals surface area contributed by atoms with Crippen molar-refractivity contribution in [2.45, 2.75) is 25.8 Å². The smallest absolute Gasteiger partial charge is 0.263 e. The van der Waals surface area contributed by atoms with Crippen LogP contribution in [-0.4, -0.2) is 49.6 Å². The minimum absolute atomic E-state index is 0.000652. The zero-order valence-electron chi connectivity index (χ0n) is 18.5. The number of nitrogens with zero attached hydrogens (tertiary/aromatic N) is 5. The SMILES string of the molecule is COc1cc(-c2nc(N)c3c(n2)NC(=O)C3(C)C(=O)N(N)C(C)=O)nn1Cc1ccccc1F. The summed E-state index contributed by atoms with van der Waals surface area (Å²) < 4.78 is 20.9. The van der Waals surface area contributed by atoms with Gasteiger partial charge in [0.2, 0.25) is 17.7 Å². The molecule has 1 aliphatic rings. The fourth-order valence-electron chi connectivity index (χ4n) is 3.68. The van der Waals surface area contributed by atoms with Gasteiger partial charge in [0.1, 0.15) is 23.1 Å². The van der Waals surface area contributed by atoms with E-state index in [1.165, 1.54) is 30.8 Å². The minimum atomic E-state index is -1.90. The number of benzene rings is 1. The number of amides is 3. The quantitative estimate of drug-likeness (QED) is 0.210. The Bertz CT molecular complexity index is 1340. The molecule has 0 saturated carbocycles. The summed E-state index contributed by atoms with van der Waals surface area (Å²) in [6, 6.07) is 7.77. The highest BCUT2D eigenvalue weighted by Gasteiger charge is 2.54. The first-order chi connectivity index (χ1) is 16.1. The van der Waals surface area contributed by atoms with Crippen LogP contribution in [0.3, 0.4) is 0 Å². The van der Waals surface area contributed by atoms with Crippen molar-refractivity contribution in [1.29, 1.82) is 0 Å². The predicted molar refractivity (Wildman–Crippen MR) is 117 cm³/mol. The van der Waals surface area contributed by atoms with Crippen molar-refractivity contribution >= 4 is 29.4 Å². The summed E-state index contributed by atoms with van der Waals surface area (Å²) in [5.41, 5.74) is 4.85. The highest BCUT2D eigenvalue weighted by Crippen LogP contribution is 2.41. The number of imide groups is 1. The van der Waals surface area contributed by atoms with Crippen molar-refractivity contribution in [2.75, 3.05) is 18.2 Å². The molecule has 0 fully saturated rings. The van der Waals surface area contributed by atoms with Crippen LogP contribution in [0, 0.1) is 5.82 Å². The Labute approximate surface area is 192 Å². The van der Waals surface area contributed by atoms with E-state index in [-0.39, 0.29) is 35.3 Å². The maximum atomic E-state index is 14.1. The first kappa shape index (κ1) is 22.8. The van der Waals surface area contributed by atoms with Gasteiger partial charge < -0.3 is 15.8 Å². The number of hydrogen-bond acceptors (Lipinski definition) is 9. The summed E-state index contributed by atoms with van der Waals surface area (Å²) >= 11 is 0. The molecule has 0 saturated heterocycles. The van der Waals surface area contributed by atoms with Gasteiger partial charge in [-0.1, -0.05) is 18.2 Å². The first-order valence-electron chi connectivity index (χ1n) is 10.0. The molecule has 5 N–H and O–H groups in total. The molecular weight excluding hydrogens is 447 g/mol. The van der Waals surface area contributed by atoms with E-state index in [0.29, 0.717) is 16.5 Å². The van der Waals surface area contributed by atoms with Gasteiger partial charge in [-0.2, -0.15) is 5.10 Å². The van der Waals surface area contributed by atoms with Crippen molar-refractivity contribution in [2.24, 2.45) is 5.84 Å². The van der Waals surface area contributed by atoms with Gasteiger partial charge in [0, 0.05) is 18.6 Å². The number of hydrogen-bond donors (Lipinski definition) is 3. The Morgan fingerprint density at radius 3 is 2.65 bits per heavy atom. The summed E-state index contributed by atoms with van der Waals surface area (Å²) in [6.07, 6.45) is 0. The van der Waals surface area contributed by atoms with Crippen LogP contribution in [0.5, 0.6) is 5.88 Å². The zero-order chi connectivity index (χ0) is 24.8. The normalized spacial score (nSPS) is 16.7. The average molecular weight is 468 g/mol. The number of nitrogen functional groups attached to an aromatic ring is 1. The molecule has 1 atom stereocenters. The molecule has 0 radical (unpaired) electrons. The number of carbonyl (C=O) groups is 3. The van der Waals surface area contributed by atoms with E-state index in [2.05, 4.69) is 20.4 Å². The molecule has 34 heavy (non-hydrogen) atoms. The third-order valence-corrected chi connectivity index (χ3v) is 5.57. The van der Waals surface area contributed by atoms with Gasteiger partial charge in [-0.3, -0.25) is 14.4 Å². The number of carbonyl (C=O) groups excluding carboxylic acids is 3. The van der Waals surface area contributed by atoms with Crippen molar-refractivity contribution in [3.63, 3.8) is 0 Å². The molecule has 4 rings (SSSR count). The van der Waals surface area contributed by atoms with E-state index in [1.807, 2.05) is 0 Å². The van der Waals surface area contributed by atoms with Crippen molar-refractivity contribution in [3.8, 4) is 17.4 Å². The molecule has 3 aromatic rings. The summed E-state index contributed by atoms with van der Waals surface area (Å²) in [5, 5.41) is 7.23. The molecule has 2 aromatic heterocycles. The highest BCUT2D eigenvalue weighted by molar-refractivity contribution is 6.22. The van der Waals surface area contributed by atoms with Crippen LogP contribution in [0.4, 0.5) is 16.0 Å². The number of nitrogens with two attached hydrogens (primary N) is 2. The third kappa shape index (κ3) is 3.51. The van der Waals surface area contributed by atoms with Gasteiger partial charge in [-0.05, 0) is 13.0 Å². The highest BCUT2D eigenvalue weighted by atomic mass is 19.1. The lowest BCUT2D eigenvalue weighted by Gasteiger charge is -2.25. The summed E-state index contributed by atoms with van der Waals surface area (Å²) in [7, 11) is 1.43. The Hall–Kier alpha value is -4.39. The van der Waals surface area contributed by atoms with Crippen molar-refractivity contribution in [3.05, 3.63) is 47.3 Å². The Balaban J connectivity index is 1.75. The van der Waals surface area contributed by atoms with Gasteiger partial charge in [0.05, 0.1) is 19.2 Å². The molecule has 176 valence electrons. The molecule has 0 bridgehead atoms. The third-order valence-electron chi connectivity index (χ3n) is 5.57. The Morgan fingerprint density at radius 2 is 2.00 bits per heavy atom. The fourth-order valence-corrected chi connectivity index (χ4v) is 3.68. The summed E-state index contributed by atoms with van der Waals surface area (Å²) in [5.74, 6) is 2.82. The maximum absolute atomic E-state index is 14.1. The number of aromatic nitrogens is 4. The monoisotopic (exact) mass is 468 g/mol. The molecule has 13 heteroatoms. The van der Waals surface area contributed by atoms with Crippen molar-refractivity contribution in [1.82, 2.24) is 24.8 Å². The van der Waals surface area contributed by atoms with Crippen LogP contribution < -0.4 is 21.6 Å². The number of halogens is 1. The van der Waals surface area contributed by atoms with Crippen LogP contribution in [0.1, 0.15) is 25.0 Å². The number of ether oxygens (including phenoxy) is 1. The van der Waals surface area contributed by atoms with Gasteiger partial charge in [-0.15, -0.1) is 0 Å². The maximum Gasteiger partial charge on any atom is 0.263 e. The summed E-state index contributed by atoms with van der Waals surface area (Å²) in [4.78, 5) is 45.7. The van der Waals surface area contributed by atoms with Gasteiger partial charge in [0.25, 0.3) is 5.91 Å². The number of fused-ring (bicyclic) bond motifs is 1. The molecule has 0 spiro atoms. The predicted octanol–water partition coefficient (Wildman–Crippen LogP) is 0.577. The number of nitrogens with one attached hydrogen (secondary N) is 1. The second kappa shape index (κ2) is 8.19. The fraction of sp³-hybridized carbons (Fsp3) is 0.238. The van der Waals surface area contributed by atoms with Crippen LogP contribution in [0.25, 0.3) is 11.5 Å². The second-order valence-corrected chi connectivity index (χ2v) is 7.75. The lowest BCUT2D eigenvalue weighted by molar-refractivity contribution is -0.149. The molecule has 3 amide bonds. The largest absolute Gasteiger partial charge is 0.481 e. The molecular formula is C21H21FN8O4. The van der Waals surface area contributed by atoms with Gasteiger partial charge in [0.15, 0.2) is 11.2 Å². The lowest BCUT2D eigenvalue weighted by Crippen LogP contribution is -2.53. The van der Waals surface area contributed by atoms with E-state index in [9.17, 15) is 18.8 Å². The number of methoxy groups -OCH3 is 1. The van der Waals surface area contributed by atoms with Crippen LogP contribution >= 0.6 is 0 Å². The number of anilines is 2. The van der Waals surface area contributed by atoms with E-state index in [4.69, 9.17) is 16.3 Å². The second-order valence-electron chi connectivity index (χ2n) is 7.75. The Morgan fingerprint density at radius 1 is 1.29 bits per heavy atom. The van der Waals surface area contributed by atoms with Crippen molar-refractivity contribution < 1.29 is 23.5 Å². The molecule has 12 nitrogen and oxygen atoms in total. The van der Waals surface area contributed by atoms with Gasteiger partial charge in [-0.25, -0.2) is 29.9 Å². The van der Waals surface area contributed by atoms with Crippen LogP contribution in [0.15, 0.2) is 30.3 Å². The van der Waals surface area contributed by atoms with Gasteiger partial charge >= 0.3 is 0 Å². The average Bonchev–Trinajstić information content (AvgIpc) is 3.32. The van der Waals surface area contributed by atoms with E-state index in [0.717, 1.165) is 6.92 Å². The molecule has 1 unspecified atom stereocenters. The van der Waals surface area contributed by atoms with Crippen LogP contribution in [0.2, 0.25) is 0 Å². The minimum Gasteiger partial charge on any atom is -0.481 e. The first-order valence-corrected chi connectivity index (χ1v) is 10.0. The summed E-state index contributed by atoms with van der Waals surface area (Å²) in [6.45, 7) is 2.45. The van der Waals surface area contributed by atoms with E-state index in [1.54, 1.807) is 18.2 Å². The molecule has 1 aromatic carbocycles. The van der Waals surface area contributed by atoms with E-state index >= 15 is 0 Å². The topological polar surface area (TPSA) is 171 Å². The molecule has 0 aliphatic carbocycles.